The van der Waals surface area contributed by atoms with Gasteiger partial charge in [-0.3, -0.25) is 9.59 Å². The van der Waals surface area contributed by atoms with E-state index in [2.05, 4.69) is 5.32 Å². The van der Waals surface area contributed by atoms with E-state index in [0.717, 1.165) is 11.1 Å². The zero-order valence-corrected chi connectivity index (χ0v) is 12.9. The SMILES string of the molecule is Cc1ccc(COC(=O)CNC(=O)c2ccc(Cl)cc2)cc1. The first-order valence-corrected chi connectivity index (χ1v) is 7.17. The highest BCUT2D eigenvalue weighted by molar-refractivity contribution is 6.30. The highest BCUT2D eigenvalue weighted by Gasteiger charge is 2.09. The fourth-order valence-electron chi connectivity index (χ4n) is 1.75. The molecular formula is C17H16ClNO3. The zero-order chi connectivity index (χ0) is 15.9. The summed E-state index contributed by atoms with van der Waals surface area (Å²) in [6.45, 7) is 2.01. The number of benzene rings is 2. The fourth-order valence-corrected chi connectivity index (χ4v) is 1.88. The highest BCUT2D eigenvalue weighted by atomic mass is 35.5. The van der Waals surface area contributed by atoms with Gasteiger partial charge >= 0.3 is 5.97 Å². The van der Waals surface area contributed by atoms with E-state index in [-0.39, 0.29) is 19.1 Å². The monoisotopic (exact) mass is 317 g/mol. The predicted molar refractivity (Wildman–Crippen MR) is 84.8 cm³/mol. The highest BCUT2D eigenvalue weighted by Crippen LogP contribution is 2.09. The molecule has 0 atom stereocenters. The second-order valence-corrected chi connectivity index (χ2v) is 5.27. The van der Waals surface area contributed by atoms with Crippen molar-refractivity contribution in [1.82, 2.24) is 5.32 Å². The third-order valence-electron chi connectivity index (χ3n) is 3.02. The van der Waals surface area contributed by atoms with E-state index in [1.165, 1.54) is 0 Å². The van der Waals surface area contributed by atoms with Crippen molar-refractivity contribution in [3.63, 3.8) is 0 Å². The van der Waals surface area contributed by atoms with Gasteiger partial charge in [0, 0.05) is 10.6 Å². The van der Waals surface area contributed by atoms with Gasteiger partial charge in [0.05, 0.1) is 0 Å². The average Bonchev–Trinajstić information content (AvgIpc) is 2.52. The molecular weight excluding hydrogens is 302 g/mol. The summed E-state index contributed by atoms with van der Waals surface area (Å²) in [7, 11) is 0. The first-order valence-electron chi connectivity index (χ1n) is 6.79. The van der Waals surface area contributed by atoms with Gasteiger partial charge in [-0.1, -0.05) is 41.4 Å². The summed E-state index contributed by atoms with van der Waals surface area (Å²) >= 11 is 5.75. The molecule has 2 rings (SSSR count). The summed E-state index contributed by atoms with van der Waals surface area (Å²) in [5.41, 5.74) is 2.49. The summed E-state index contributed by atoms with van der Waals surface area (Å²) < 4.78 is 5.10. The van der Waals surface area contributed by atoms with Crippen molar-refractivity contribution in [2.75, 3.05) is 6.54 Å². The number of aryl methyl sites for hydroxylation is 1. The molecule has 0 fully saturated rings. The lowest BCUT2D eigenvalue weighted by Gasteiger charge is -2.07. The maximum absolute atomic E-state index is 11.8. The number of ether oxygens (including phenoxy) is 1. The van der Waals surface area contributed by atoms with Crippen LogP contribution in [0.25, 0.3) is 0 Å². The van der Waals surface area contributed by atoms with E-state index in [1.54, 1.807) is 24.3 Å². The molecule has 2 aromatic rings. The Morgan fingerprint density at radius 3 is 2.32 bits per heavy atom. The molecule has 0 aliphatic rings. The maximum atomic E-state index is 11.8. The molecule has 4 nitrogen and oxygen atoms in total. The largest absolute Gasteiger partial charge is 0.460 e. The van der Waals surface area contributed by atoms with Crippen LogP contribution in [0.15, 0.2) is 48.5 Å². The number of nitrogens with one attached hydrogen (secondary N) is 1. The van der Waals surface area contributed by atoms with Gasteiger partial charge in [-0.25, -0.2) is 0 Å². The first kappa shape index (κ1) is 16.0. The second kappa shape index (κ2) is 7.61. The molecule has 0 unspecified atom stereocenters. The topological polar surface area (TPSA) is 55.4 Å². The maximum Gasteiger partial charge on any atom is 0.325 e. The molecule has 0 radical (unpaired) electrons. The third kappa shape index (κ3) is 4.90. The molecule has 5 heteroatoms. The van der Waals surface area contributed by atoms with Crippen molar-refractivity contribution in [3.05, 3.63) is 70.2 Å². The van der Waals surface area contributed by atoms with Crippen LogP contribution in [0.3, 0.4) is 0 Å². The smallest absolute Gasteiger partial charge is 0.325 e. The van der Waals surface area contributed by atoms with Gasteiger partial charge in [0.1, 0.15) is 13.2 Å². The van der Waals surface area contributed by atoms with Crippen molar-refractivity contribution >= 4 is 23.5 Å². The van der Waals surface area contributed by atoms with Gasteiger partial charge in [0.25, 0.3) is 5.91 Å². The summed E-state index contributed by atoms with van der Waals surface area (Å²) in [6.07, 6.45) is 0. The lowest BCUT2D eigenvalue weighted by Crippen LogP contribution is -2.30. The molecule has 2 aromatic carbocycles. The lowest BCUT2D eigenvalue weighted by molar-refractivity contribution is -0.143. The number of carbonyl (C=O) groups excluding carboxylic acids is 2. The van der Waals surface area contributed by atoms with Crippen molar-refractivity contribution in [1.29, 1.82) is 0 Å². The number of amides is 1. The standard InChI is InChI=1S/C17H16ClNO3/c1-12-2-4-13(5-3-12)11-22-16(20)10-19-17(21)14-6-8-15(18)9-7-14/h2-9H,10-11H2,1H3,(H,19,21). The number of hydrogen-bond donors (Lipinski definition) is 1. The van der Waals surface area contributed by atoms with Crippen LogP contribution < -0.4 is 5.32 Å². The minimum absolute atomic E-state index is 0.173. The van der Waals surface area contributed by atoms with Crippen molar-refractivity contribution < 1.29 is 14.3 Å². The van der Waals surface area contributed by atoms with E-state index < -0.39 is 5.97 Å². The van der Waals surface area contributed by atoms with E-state index in [9.17, 15) is 9.59 Å². The normalized spacial score (nSPS) is 10.1. The van der Waals surface area contributed by atoms with Gasteiger partial charge in [-0.2, -0.15) is 0 Å². The van der Waals surface area contributed by atoms with Gasteiger partial charge in [-0.05, 0) is 36.8 Å². The van der Waals surface area contributed by atoms with Crippen LogP contribution in [0, 0.1) is 6.92 Å². The predicted octanol–water partition coefficient (Wildman–Crippen LogP) is 3.12. The molecule has 1 N–H and O–H groups in total. The molecule has 0 heterocycles. The van der Waals surface area contributed by atoms with Gasteiger partial charge in [0.2, 0.25) is 0 Å². The zero-order valence-electron chi connectivity index (χ0n) is 12.1. The number of hydrogen-bond acceptors (Lipinski definition) is 3. The molecule has 0 aliphatic carbocycles. The molecule has 114 valence electrons. The van der Waals surface area contributed by atoms with Crippen molar-refractivity contribution in [2.45, 2.75) is 13.5 Å². The van der Waals surface area contributed by atoms with Crippen LogP contribution in [0.4, 0.5) is 0 Å². The number of rotatable bonds is 5. The van der Waals surface area contributed by atoms with E-state index in [1.807, 2.05) is 31.2 Å². The summed E-state index contributed by atoms with van der Waals surface area (Å²) in [6, 6.07) is 14.1. The van der Waals surface area contributed by atoms with E-state index >= 15 is 0 Å². The summed E-state index contributed by atoms with van der Waals surface area (Å²) in [5, 5.41) is 3.06. The Morgan fingerprint density at radius 2 is 1.68 bits per heavy atom. The van der Waals surface area contributed by atoms with Crippen LogP contribution in [0.1, 0.15) is 21.5 Å². The van der Waals surface area contributed by atoms with Gasteiger partial charge in [-0.15, -0.1) is 0 Å². The third-order valence-corrected chi connectivity index (χ3v) is 3.27. The molecule has 0 spiro atoms. The van der Waals surface area contributed by atoms with E-state index in [4.69, 9.17) is 16.3 Å². The summed E-state index contributed by atoms with van der Waals surface area (Å²) in [4.78, 5) is 23.4. The average molecular weight is 318 g/mol. The molecule has 1 amide bonds. The minimum Gasteiger partial charge on any atom is -0.460 e. The van der Waals surface area contributed by atoms with Crippen LogP contribution in [0.2, 0.25) is 5.02 Å². The molecule has 22 heavy (non-hydrogen) atoms. The molecule has 0 aliphatic heterocycles. The number of halogens is 1. The van der Waals surface area contributed by atoms with Gasteiger partial charge in [0.15, 0.2) is 0 Å². The number of esters is 1. The van der Waals surface area contributed by atoms with Crippen LogP contribution in [-0.2, 0) is 16.1 Å². The first-order chi connectivity index (χ1) is 10.5. The molecule has 0 saturated heterocycles. The Morgan fingerprint density at radius 1 is 1.05 bits per heavy atom. The second-order valence-electron chi connectivity index (χ2n) is 4.84. The van der Waals surface area contributed by atoms with Crippen LogP contribution >= 0.6 is 11.6 Å². The molecule has 0 bridgehead atoms. The quantitative estimate of drug-likeness (QED) is 0.862. The Labute approximate surface area is 134 Å². The van der Waals surface area contributed by atoms with E-state index in [0.29, 0.717) is 10.6 Å². The fraction of sp³-hybridized carbons (Fsp3) is 0.176. The Kier molecular flexibility index (Phi) is 5.55. The van der Waals surface area contributed by atoms with Crippen LogP contribution in [-0.4, -0.2) is 18.4 Å². The molecule has 0 saturated carbocycles. The van der Waals surface area contributed by atoms with Gasteiger partial charge < -0.3 is 10.1 Å². The Balaban J connectivity index is 1.76. The Hall–Kier alpha value is -2.33. The Bertz CT molecular complexity index is 651. The number of carbonyl (C=O) groups is 2. The van der Waals surface area contributed by atoms with Crippen molar-refractivity contribution in [2.24, 2.45) is 0 Å². The minimum atomic E-state index is -0.483. The molecule has 0 aromatic heterocycles. The van der Waals surface area contributed by atoms with Crippen LogP contribution in [0.5, 0.6) is 0 Å². The summed E-state index contributed by atoms with van der Waals surface area (Å²) in [5.74, 6) is -0.827. The van der Waals surface area contributed by atoms with Crippen molar-refractivity contribution in [3.8, 4) is 0 Å². The lowest BCUT2D eigenvalue weighted by atomic mass is 10.2.